The highest BCUT2D eigenvalue weighted by molar-refractivity contribution is 7.11. The molecule has 1 atom stereocenters. The molecule has 9 nitrogen and oxygen atoms in total. The van der Waals surface area contributed by atoms with Gasteiger partial charge in [0.1, 0.15) is 15.8 Å². The number of hydrazine groups is 1. The molecule has 4 rings (SSSR count). The van der Waals surface area contributed by atoms with Crippen LogP contribution in [0.5, 0.6) is 0 Å². The van der Waals surface area contributed by atoms with Crippen LogP contribution >= 0.6 is 22.9 Å². The third-order valence-electron chi connectivity index (χ3n) is 5.85. The monoisotopic (exact) mass is 509 g/mol. The number of fused-ring (bicyclic) bond motifs is 1. The van der Waals surface area contributed by atoms with Gasteiger partial charge < -0.3 is 14.7 Å². The highest BCUT2D eigenvalue weighted by Gasteiger charge is 2.45. The molecule has 12 heteroatoms. The molecule has 182 valence electrons. The summed E-state index contributed by atoms with van der Waals surface area (Å²) in [4.78, 5) is 27.7. The second-order valence-electron chi connectivity index (χ2n) is 8.00. The van der Waals surface area contributed by atoms with Crippen LogP contribution in [-0.4, -0.2) is 81.9 Å². The van der Waals surface area contributed by atoms with Gasteiger partial charge in [0, 0.05) is 33.2 Å². The van der Waals surface area contributed by atoms with Crippen molar-refractivity contribution in [2.75, 3.05) is 40.0 Å². The minimum Gasteiger partial charge on any atom is -0.503 e. The largest absolute Gasteiger partial charge is 0.503 e. The van der Waals surface area contributed by atoms with E-state index in [1.54, 1.807) is 29.2 Å². The number of nitrogens with zero attached hydrogens (tertiary/aromatic N) is 5. The Balaban J connectivity index is 1.57. The number of ketones is 1. The number of methoxy groups -OCH3 is 1. The molecule has 0 aliphatic carbocycles. The number of carbonyl (C=O) groups excluding carboxylic acids is 2. The summed E-state index contributed by atoms with van der Waals surface area (Å²) in [5.41, 5.74) is 0.361. The van der Waals surface area contributed by atoms with E-state index in [0.29, 0.717) is 48.4 Å². The predicted octanol–water partition coefficient (Wildman–Crippen LogP) is 2.73. The highest BCUT2D eigenvalue weighted by Crippen LogP contribution is 2.35. The second kappa shape index (κ2) is 10.3. The summed E-state index contributed by atoms with van der Waals surface area (Å²) in [5.74, 6) is -2.85. The number of carbonyl (C=O) groups is 2. The van der Waals surface area contributed by atoms with Crippen molar-refractivity contribution in [2.45, 2.75) is 25.7 Å². The molecule has 1 aromatic heterocycles. The van der Waals surface area contributed by atoms with E-state index in [0.717, 1.165) is 0 Å². The molecule has 1 unspecified atom stereocenters. The second-order valence-corrected chi connectivity index (χ2v) is 9.50. The molecular weight excluding hydrogens is 485 g/mol. The van der Waals surface area contributed by atoms with Crippen LogP contribution in [0.4, 0.5) is 4.39 Å². The van der Waals surface area contributed by atoms with Crippen LogP contribution < -0.4 is 0 Å². The van der Waals surface area contributed by atoms with Gasteiger partial charge in [0.15, 0.2) is 11.5 Å². The Hall–Kier alpha value is -2.60. The molecule has 2 aliphatic rings. The number of ether oxygens (including phenoxy) is 1. The number of aromatic nitrogens is 2. The van der Waals surface area contributed by atoms with Crippen molar-refractivity contribution in [3.63, 3.8) is 0 Å². The van der Waals surface area contributed by atoms with Gasteiger partial charge in [0.05, 0.1) is 24.2 Å². The van der Waals surface area contributed by atoms with Crippen molar-refractivity contribution in [1.29, 1.82) is 0 Å². The number of aliphatic hydroxyl groups is 1. The van der Waals surface area contributed by atoms with Crippen molar-refractivity contribution in [2.24, 2.45) is 0 Å². The van der Waals surface area contributed by atoms with E-state index >= 15 is 0 Å². The quantitative estimate of drug-likeness (QED) is 0.542. The first-order valence-corrected chi connectivity index (χ1v) is 12.1. The van der Waals surface area contributed by atoms with Gasteiger partial charge in [-0.2, -0.15) is 0 Å². The number of rotatable bonds is 8. The Morgan fingerprint density at radius 1 is 1.32 bits per heavy atom. The number of benzene rings is 1. The van der Waals surface area contributed by atoms with E-state index in [4.69, 9.17) is 16.3 Å². The van der Waals surface area contributed by atoms with E-state index in [9.17, 15) is 19.1 Å². The van der Waals surface area contributed by atoms with Crippen LogP contribution in [0.1, 0.15) is 34.8 Å². The van der Waals surface area contributed by atoms with Gasteiger partial charge >= 0.3 is 0 Å². The SMILES string of the molecule is CCN1CN(CCCOC)C(=O)C2=C(O)C(=O)C(c3nnc(Cc4cccc(Cl)c4F)s3)CN21. The third kappa shape index (κ3) is 4.65. The lowest BCUT2D eigenvalue weighted by Crippen LogP contribution is -2.61. The molecule has 3 heterocycles. The molecule has 1 fully saturated rings. The minimum atomic E-state index is -0.791. The third-order valence-corrected chi connectivity index (χ3v) is 7.18. The zero-order valence-corrected chi connectivity index (χ0v) is 20.4. The number of Topliss-reactive ketones (excluding diaryl/α,β-unsaturated/α-hetero) is 1. The first-order valence-electron chi connectivity index (χ1n) is 10.9. The average Bonchev–Trinajstić information content (AvgIpc) is 3.28. The number of halogens is 2. The van der Waals surface area contributed by atoms with Crippen molar-refractivity contribution >= 4 is 34.6 Å². The Morgan fingerprint density at radius 3 is 2.85 bits per heavy atom. The maximum Gasteiger partial charge on any atom is 0.276 e. The van der Waals surface area contributed by atoms with E-state index < -0.39 is 23.3 Å². The molecule has 1 amide bonds. The number of allylic oxidation sites excluding steroid dienone is 1. The molecular formula is C22H25ClFN5O4S. The van der Waals surface area contributed by atoms with Gasteiger partial charge in [-0.15, -0.1) is 21.5 Å². The summed E-state index contributed by atoms with van der Waals surface area (Å²) >= 11 is 7.04. The van der Waals surface area contributed by atoms with E-state index in [1.165, 1.54) is 17.4 Å². The molecule has 0 bridgehead atoms. The van der Waals surface area contributed by atoms with E-state index in [-0.39, 0.29) is 29.6 Å². The van der Waals surface area contributed by atoms with Crippen LogP contribution in [0.15, 0.2) is 29.7 Å². The van der Waals surface area contributed by atoms with Gasteiger partial charge in [-0.05, 0) is 18.1 Å². The first kappa shape index (κ1) is 24.5. The lowest BCUT2D eigenvalue weighted by Gasteiger charge is -2.47. The van der Waals surface area contributed by atoms with Crippen molar-refractivity contribution in [3.05, 3.63) is 56.1 Å². The number of hydrogen-bond donors (Lipinski definition) is 1. The molecule has 0 radical (unpaired) electrons. The van der Waals surface area contributed by atoms with Crippen molar-refractivity contribution in [1.82, 2.24) is 25.1 Å². The van der Waals surface area contributed by atoms with Gasteiger partial charge in [-0.1, -0.05) is 30.7 Å². The Kier molecular flexibility index (Phi) is 7.46. The average molecular weight is 510 g/mol. The topological polar surface area (TPSA) is 99.1 Å². The standard InChI is InChI=1S/C22H25ClFN5O4S/c1-3-28-12-27(8-5-9-33-2)22(32)18-20(31)19(30)14(11-29(18)28)21-26-25-16(34-21)10-13-6-4-7-15(23)17(13)24/h4,6-7,14,31H,3,5,8-12H2,1-2H3. The Bertz CT molecular complexity index is 1130. The summed E-state index contributed by atoms with van der Waals surface area (Å²) in [6.45, 7) is 3.96. The Labute approximate surface area is 205 Å². The van der Waals surface area contributed by atoms with Crippen molar-refractivity contribution in [3.8, 4) is 0 Å². The fourth-order valence-corrected chi connectivity index (χ4v) is 5.22. The molecule has 0 saturated carbocycles. The Morgan fingerprint density at radius 2 is 2.12 bits per heavy atom. The molecule has 1 aromatic carbocycles. The van der Waals surface area contributed by atoms with E-state index in [1.807, 2.05) is 11.9 Å². The van der Waals surface area contributed by atoms with Gasteiger partial charge in [-0.25, -0.2) is 9.40 Å². The van der Waals surface area contributed by atoms with E-state index in [2.05, 4.69) is 10.2 Å². The molecule has 1 N–H and O–H groups in total. The van der Waals surface area contributed by atoms with Crippen LogP contribution in [-0.2, 0) is 20.7 Å². The van der Waals surface area contributed by atoms with Crippen LogP contribution in [0.2, 0.25) is 5.02 Å². The smallest absolute Gasteiger partial charge is 0.276 e. The van der Waals surface area contributed by atoms with Crippen LogP contribution in [0.3, 0.4) is 0 Å². The van der Waals surface area contributed by atoms with Gasteiger partial charge in [0.2, 0.25) is 5.78 Å². The minimum absolute atomic E-state index is 0.0162. The maximum atomic E-state index is 14.3. The normalized spacial score (nSPS) is 19.2. The predicted molar refractivity (Wildman–Crippen MR) is 124 cm³/mol. The van der Waals surface area contributed by atoms with Crippen molar-refractivity contribution < 1.29 is 23.8 Å². The first-order chi connectivity index (χ1) is 16.3. The molecule has 1 saturated heterocycles. The fraction of sp³-hybridized carbons (Fsp3) is 0.455. The summed E-state index contributed by atoms with van der Waals surface area (Å²) in [5, 5.41) is 23.5. The molecule has 2 aromatic rings. The number of hydrogen-bond acceptors (Lipinski definition) is 9. The number of aliphatic hydroxyl groups excluding tert-OH is 1. The maximum absolute atomic E-state index is 14.3. The van der Waals surface area contributed by atoms with Crippen LogP contribution in [0, 0.1) is 5.82 Å². The zero-order chi connectivity index (χ0) is 24.4. The summed E-state index contributed by atoms with van der Waals surface area (Å²) in [7, 11) is 1.59. The lowest BCUT2D eigenvalue weighted by atomic mass is 9.96. The summed E-state index contributed by atoms with van der Waals surface area (Å²) in [6.07, 6.45) is 0.822. The summed E-state index contributed by atoms with van der Waals surface area (Å²) < 4.78 is 19.3. The zero-order valence-electron chi connectivity index (χ0n) is 18.8. The van der Waals surface area contributed by atoms with Gasteiger partial charge in [-0.3, -0.25) is 14.6 Å². The van der Waals surface area contributed by atoms with Crippen LogP contribution in [0.25, 0.3) is 0 Å². The molecule has 0 spiro atoms. The van der Waals surface area contributed by atoms with Gasteiger partial charge in [0.25, 0.3) is 5.91 Å². The lowest BCUT2D eigenvalue weighted by molar-refractivity contribution is -0.155. The summed E-state index contributed by atoms with van der Waals surface area (Å²) in [6, 6.07) is 4.74. The number of amides is 1. The highest BCUT2D eigenvalue weighted by atomic mass is 35.5. The molecule has 2 aliphatic heterocycles. The molecule has 34 heavy (non-hydrogen) atoms. The fourth-order valence-electron chi connectivity index (χ4n) is 4.07.